The fourth-order valence-electron chi connectivity index (χ4n) is 1.98. The first-order valence-electron chi connectivity index (χ1n) is 7.99. The Kier molecular flexibility index (Phi) is 16.0. The molecule has 0 saturated carbocycles. The maximum absolute atomic E-state index is 2.35. The van der Waals surface area contributed by atoms with Gasteiger partial charge in [0.2, 0.25) is 0 Å². The molecule has 0 rings (SSSR count). The Morgan fingerprint density at radius 2 is 1.17 bits per heavy atom. The zero-order valence-electron chi connectivity index (χ0n) is 12.7. The number of hydrogen-bond acceptors (Lipinski definition) is 0. The van der Waals surface area contributed by atoms with Gasteiger partial charge in [0.15, 0.2) is 0 Å². The third-order valence-electron chi connectivity index (χ3n) is 3.19. The van der Waals surface area contributed by atoms with Crippen molar-refractivity contribution in [3.05, 3.63) is 30.7 Å². The smallest absolute Gasteiger partial charge is 0.0169 e. The summed E-state index contributed by atoms with van der Waals surface area (Å²) >= 11 is 0. The highest BCUT2D eigenvalue weighted by Gasteiger charge is 1.87. The van der Waals surface area contributed by atoms with Crippen molar-refractivity contribution < 1.29 is 0 Å². The lowest BCUT2D eigenvalue weighted by Gasteiger charge is -1.97. The first-order chi connectivity index (χ1) is 8.91. The molecule has 1 radical (unpaired) electrons. The van der Waals surface area contributed by atoms with Gasteiger partial charge in [0.1, 0.15) is 0 Å². The molecule has 0 aromatic rings. The summed E-state index contributed by atoms with van der Waals surface area (Å²) in [4.78, 5) is 0. The van der Waals surface area contributed by atoms with Crippen molar-refractivity contribution in [3.8, 4) is 0 Å². The lowest BCUT2D eigenvalue weighted by Crippen LogP contribution is -1.77. The van der Waals surface area contributed by atoms with Crippen LogP contribution in [0.1, 0.15) is 84.5 Å². The Morgan fingerprint density at radius 1 is 0.611 bits per heavy atom. The molecule has 0 unspecified atom stereocenters. The summed E-state index contributed by atoms with van der Waals surface area (Å²) in [5.74, 6) is 0. The fourth-order valence-corrected chi connectivity index (χ4v) is 1.98. The average Bonchev–Trinajstić information content (AvgIpc) is 2.39. The van der Waals surface area contributed by atoms with Gasteiger partial charge in [0.05, 0.1) is 0 Å². The fraction of sp³-hybridized carbons (Fsp3) is 0.722. The number of hydrogen-bond donors (Lipinski definition) is 0. The molecule has 0 heterocycles. The van der Waals surface area contributed by atoms with E-state index in [4.69, 9.17) is 0 Å². The Balaban J connectivity index is 3.13. The number of allylic oxidation sites excluding steroid dienone is 4. The predicted molar refractivity (Wildman–Crippen MR) is 84.7 cm³/mol. The van der Waals surface area contributed by atoms with Gasteiger partial charge in [0.25, 0.3) is 0 Å². The summed E-state index contributed by atoms with van der Waals surface area (Å²) in [7, 11) is 0. The van der Waals surface area contributed by atoms with Gasteiger partial charge in [-0.1, -0.05) is 76.7 Å². The molecule has 0 atom stereocenters. The van der Waals surface area contributed by atoms with E-state index in [1.165, 1.54) is 64.2 Å². The standard InChI is InChI=1S/C18H33/c1-3-5-7-9-11-13-15-17-18-16-14-12-10-8-6-4-2/h3,12,14,17-18H,4-11,13,15-16H2,1-2H3/b14-12+,18-17+. The van der Waals surface area contributed by atoms with Crippen LogP contribution in [0.2, 0.25) is 0 Å². The topological polar surface area (TPSA) is 0 Å². The minimum atomic E-state index is 1.12. The van der Waals surface area contributed by atoms with Crippen LogP contribution in [0.15, 0.2) is 24.3 Å². The van der Waals surface area contributed by atoms with E-state index >= 15 is 0 Å². The van der Waals surface area contributed by atoms with Gasteiger partial charge in [0, 0.05) is 0 Å². The molecule has 0 N–H and O–H groups in total. The summed E-state index contributed by atoms with van der Waals surface area (Å²) < 4.78 is 0. The summed E-state index contributed by atoms with van der Waals surface area (Å²) in [6, 6.07) is 0. The van der Waals surface area contributed by atoms with E-state index in [9.17, 15) is 0 Å². The monoisotopic (exact) mass is 249 g/mol. The van der Waals surface area contributed by atoms with E-state index in [1.807, 2.05) is 0 Å². The van der Waals surface area contributed by atoms with Gasteiger partial charge in [-0.25, -0.2) is 0 Å². The molecule has 0 spiro atoms. The molecule has 0 aliphatic carbocycles. The Labute approximate surface area is 116 Å². The highest BCUT2D eigenvalue weighted by Crippen LogP contribution is 2.07. The summed E-state index contributed by atoms with van der Waals surface area (Å²) in [6.07, 6.45) is 26.1. The van der Waals surface area contributed by atoms with Crippen molar-refractivity contribution in [2.75, 3.05) is 0 Å². The first kappa shape index (κ1) is 17.5. The van der Waals surface area contributed by atoms with Crippen LogP contribution in [0.5, 0.6) is 0 Å². The second kappa shape index (κ2) is 16.5. The first-order valence-corrected chi connectivity index (χ1v) is 7.99. The van der Waals surface area contributed by atoms with Crippen molar-refractivity contribution in [3.63, 3.8) is 0 Å². The molecular formula is C18H33. The maximum Gasteiger partial charge on any atom is -0.0169 e. The molecule has 0 aliphatic rings. The molecule has 0 aromatic heterocycles. The van der Waals surface area contributed by atoms with Crippen LogP contribution in [0.25, 0.3) is 0 Å². The zero-order valence-corrected chi connectivity index (χ0v) is 12.7. The van der Waals surface area contributed by atoms with Crippen molar-refractivity contribution in [1.29, 1.82) is 0 Å². The van der Waals surface area contributed by atoms with Crippen molar-refractivity contribution in [2.45, 2.75) is 84.5 Å². The van der Waals surface area contributed by atoms with E-state index in [0.717, 1.165) is 6.42 Å². The van der Waals surface area contributed by atoms with Crippen LogP contribution in [0.3, 0.4) is 0 Å². The van der Waals surface area contributed by atoms with Crippen LogP contribution >= 0.6 is 0 Å². The lowest BCUT2D eigenvalue weighted by atomic mass is 10.1. The summed E-state index contributed by atoms with van der Waals surface area (Å²) in [5.41, 5.74) is 0. The highest BCUT2D eigenvalue weighted by molar-refractivity contribution is 4.92. The van der Waals surface area contributed by atoms with Gasteiger partial charge in [-0.05, 0) is 38.5 Å². The van der Waals surface area contributed by atoms with E-state index in [0.29, 0.717) is 0 Å². The van der Waals surface area contributed by atoms with Gasteiger partial charge in [-0.3, -0.25) is 0 Å². The average molecular weight is 249 g/mol. The molecule has 105 valence electrons. The van der Waals surface area contributed by atoms with Crippen molar-refractivity contribution >= 4 is 0 Å². The highest BCUT2D eigenvalue weighted by atomic mass is 13.9. The third kappa shape index (κ3) is 15.5. The van der Waals surface area contributed by atoms with Crippen LogP contribution in [-0.4, -0.2) is 0 Å². The van der Waals surface area contributed by atoms with Gasteiger partial charge in [-0.15, -0.1) is 0 Å². The van der Waals surface area contributed by atoms with Crippen molar-refractivity contribution in [2.24, 2.45) is 0 Å². The van der Waals surface area contributed by atoms with Gasteiger partial charge in [-0.2, -0.15) is 0 Å². The Bertz CT molecular complexity index is 188. The molecule has 0 nitrogen and oxygen atoms in total. The lowest BCUT2D eigenvalue weighted by molar-refractivity contribution is 0.642. The van der Waals surface area contributed by atoms with Gasteiger partial charge < -0.3 is 0 Å². The number of rotatable bonds is 13. The van der Waals surface area contributed by atoms with Crippen molar-refractivity contribution in [1.82, 2.24) is 0 Å². The molecule has 0 aliphatic heterocycles. The predicted octanol–water partition coefficient (Wildman–Crippen LogP) is 6.63. The van der Waals surface area contributed by atoms with Crippen LogP contribution < -0.4 is 0 Å². The minimum Gasteiger partial charge on any atom is -0.0882 e. The minimum absolute atomic E-state index is 1.12. The molecule has 0 amide bonds. The second-order valence-electron chi connectivity index (χ2n) is 5.07. The second-order valence-corrected chi connectivity index (χ2v) is 5.07. The van der Waals surface area contributed by atoms with Gasteiger partial charge >= 0.3 is 0 Å². The normalized spacial score (nSPS) is 11.9. The Morgan fingerprint density at radius 3 is 1.72 bits per heavy atom. The SMILES string of the molecule is C[CH]CCCCCC/C=C/C/C=C/CCCCC. The summed E-state index contributed by atoms with van der Waals surface area (Å²) in [6.45, 7) is 4.41. The van der Waals surface area contributed by atoms with Crippen LogP contribution in [-0.2, 0) is 0 Å². The molecule has 0 aromatic carbocycles. The van der Waals surface area contributed by atoms with E-state index in [2.05, 4.69) is 44.6 Å². The molecular weight excluding hydrogens is 216 g/mol. The molecule has 18 heavy (non-hydrogen) atoms. The zero-order chi connectivity index (χ0) is 13.3. The molecule has 0 heteroatoms. The third-order valence-corrected chi connectivity index (χ3v) is 3.19. The summed E-state index contributed by atoms with van der Waals surface area (Å²) in [5, 5.41) is 0. The number of unbranched alkanes of at least 4 members (excludes halogenated alkanes) is 9. The van der Waals surface area contributed by atoms with E-state index < -0.39 is 0 Å². The molecule has 0 fully saturated rings. The maximum atomic E-state index is 2.35. The molecule has 0 saturated heterocycles. The quantitative estimate of drug-likeness (QED) is 0.254. The largest absolute Gasteiger partial charge is 0.0882 e. The van der Waals surface area contributed by atoms with E-state index in [1.54, 1.807) is 0 Å². The Hall–Kier alpha value is -0.520. The van der Waals surface area contributed by atoms with E-state index in [-0.39, 0.29) is 0 Å². The molecule has 0 bridgehead atoms. The van der Waals surface area contributed by atoms with Crippen LogP contribution in [0.4, 0.5) is 0 Å². The van der Waals surface area contributed by atoms with Crippen LogP contribution in [0, 0.1) is 6.42 Å².